The zero-order valence-corrected chi connectivity index (χ0v) is 9.73. The number of amides is 1. The Morgan fingerprint density at radius 2 is 2.27 bits per heavy atom. The number of hydrogen-bond donors (Lipinski definition) is 1. The van der Waals surface area contributed by atoms with Gasteiger partial charge in [0.1, 0.15) is 5.75 Å². The van der Waals surface area contributed by atoms with Crippen molar-refractivity contribution in [3.8, 4) is 5.75 Å². The molecule has 0 aliphatic heterocycles. The molecule has 1 rings (SSSR count). The van der Waals surface area contributed by atoms with E-state index in [0.717, 1.165) is 5.56 Å². The van der Waals surface area contributed by atoms with Gasteiger partial charge in [-0.2, -0.15) is 0 Å². The summed E-state index contributed by atoms with van der Waals surface area (Å²) >= 11 is 11.1. The summed E-state index contributed by atoms with van der Waals surface area (Å²) in [4.78, 5) is 10.4. The van der Waals surface area contributed by atoms with Crippen molar-refractivity contribution in [1.82, 2.24) is 5.32 Å². The van der Waals surface area contributed by atoms with Crippen LogP contribution in [0.4, 0.5) is 4.79 Å². The highest BCUT2D eigenvalue weighted by Gasteiger charge is 2.02. The Morgan fingerprint density at radius 1 is 1.53 bits per heavy atom. The summed E-state index contributed by atoms with van der Waals surface area (Å²) in [5, 5.41) is 2.51. The third-order valence-electron chi connectivity index (χ3n) is 1.89. The van der Waals surface area contributed by atoms with Crippen LogP contribution in [0.5, 0.6) is 5.75 Å². The van der Waals surface area contributed by atoms with Crippen molar-refractivity contribution in [2.75, 3.05) is 13.7 Å². The van der Waals surface area contributed by atoms with Crippen molar-refractivity contribution >= 4 is 28.6 Å². The Labute approximate surface area is 98.3 Å². The molecule has 0 unspecified atom stereocenters. The maximum Gasteiger partial charge on any atom is 0.313 e. The molecule has 0 aliphatic carbocycles. The molecule has 0 radical (unpaired) electrons. The number of hydrogen-bond acceptors (Lipinski definition) is 2. The minimum absolute atomic E-state index is 0.491. The lowest BCUT2D eigenvalue weighted by Gasteiger charge is -2.06. The van der Waals surface area contributed by atoms with E-state index in [4.69, 9.17) is 27.9 Å². The molecule has 0 bridgehead atoms. The summed E-state index contributed by atoms with van der Waals surface area (Å²) in [7, 11) is 1.56. The maximum atomic E-state index is 10.4. The van der Waals surface area contributed by atoms with E-state index in [1.165, 1.54) is 0 Å². The first-order chi connectivity index (χ1) is 7.13. The second-order valence-electron chi connectivity index (χ2n) is 2.92. The Kier molecular flexibility index (Phi) is 4.72. The lowest BCUT2D eigenvalue weighted by Crippen LogP contribution is -2.19. The van der Waals surface area contributed by atoms with E-state index in [9.17, 15) is 4.79 Å². The van der Waals surface area contributed by atoms with E-state index < -0.39 is 5.37 Å². The van der Waals surface area contributed by atoms with Gasteiger partial charge < -0.3 is 10.1 Å². The van der Waals surface area contributed by atoms with E-state index >= 15 is 0 Å². The number of carbonyl (C=O) groups excluding carboxylic acids is 1. The normalized spacial score (nSPS) is 9.80. The molecule has 1 aromatic rings. The SMILES string of the molecule is COc1ccc(CCNC(=O)Cl)cc1Cl. The molecule has 0 fully saturated rings. The predicted molar refractivity (Wildman–Crippen MR) is 61.0 cm³/mol. The number of methoxy groups -OCH3 is 1. The van der Waals surface area contributed by atoms with Gasteiger partial charge >= 0.3 is 5.37 Å². The standard InChI is InChI=1S/C10H11Cl2NO2/c1-15-9-3-2-7(6-8(9)11)4-5-13-10(12)14/h2-3,6H,4-5H2,1H3,(H,13,14). The highest BCUT2D eigenvalue weighted by molar-refractivity contribution is 6.62. The van der Waals surface area contributed by atoms with Crippen LogP contribution in [0.15, 0.2) is 18.2 Å². The topological polar surface area (TPSA) is 38.3 Å². The van der Waals surface area contributed by atoms with Gasteiger partial charge in [0.15, 0.2) is 0 Å². The maximum absolute atomic E-state index is 10.4. The molecule has 0 heterocycles. The molecule has 15 heavy (non-hydrogen) atoms. The van der Waals surface area contributed by atoms with Gasteiger partial charge in [0.05, 0.1) is 12.1 Å². The lowest BCUT2D eigenvalue weighted by molar-refractivity contribution is 0.260. The van der Waals surface area contributed by atoms with Gasteiger partial charge in [0.2, 0.25) is 0 Å². The average molecular weight is 248 g/mol. The Balaban J connectivity index is 2.55. The number of benzene rings is 1. The van der Waals surface area contributed by atoms with E-state index in [-0.39, 0.29) is 0 Å². The Morgan fingerprint density at radius 3 is 2.80 bits per heavy atom. The molecular weight excluding hydrogens is 237 g/mol. The van der Waals surface area contributed by atoms with Crippen LogP contribution in [0.3, 0.4) is 0 Å². The van der Waals surface area contributed by atoms with Crippen LogP contribution in [-0.4, -0.2) is 19.0 Å². The van der Waals surface area contributed by atoms with Gasteiger partial charge in [-0.15, -0.1) is 0 Å². The summed E-state index contributed by atoms with van der Waals surface area (Å²) in [6.07, 6.45) is 0.683. The van der Waals surface area contributed by atoms with Gasteiger partial charge in [0, 0.05) is 6.54 Å². The minimum Gasteiger partial charge on any atom is -0.495 e. The van der Waals surface area contributed by atoms with Crippen LogP contribution in [0.1, 0.15) is 5.56 Å². The van der Waals surface area contributed by atoms with Crippen molar-refractivity contribution < 1.29 is 9.53 Å². The third-order valence-corrected chi connectivity index (χ3v) is 2.32. The average Bonchev–Trinajstić information content (AvgIpc) is 2.17. The fourth-order valence-electron chi connectivity index (χ4n) is 1.17. The van der Waals surface area contributed by atoms with Gasteiger partial charge in [-0.1, -0.05) is 17.7 Å². The summed E-state index contributed by atoms with van der Waals surface area (Å²) < 4.78 is 5.02. The number of nitrogens with one attached hydrogen (secondary N) is 1. The molecule has 0 aromatic heterocycles. The third kappa shape index (κ3) is 3.98. The molecule has 0 saturated heterocycles. The van der Waals surface area contributed by atoms with Gasteiger partial charge in [0.25, 0.3) is 0 Å². The highest BCUT2D eigenvalue weighted by atomic mass is 35.5. The van der Waals surface area contributed by atoms with E-state index in [0.29, 0.717) is 23.7 Å². The molecule has 82 valence electrons. The molecule has 0 atom stereocenters. The number of halogens is 2. The molecule has 0 aliphatic rings. The van der Waals surface area contributed by atoms with Crippen molar-refractivity contribution in [2.24, 2.45) is 0 Å². The fraction of sp³-hybridized carbons (Fsp3) is 0.300. The second-order valence-corrected chi connectivity index (χ2v) is 3.67. The van der Waals surface area contributed by atoms with Gasteiger partial charge in [-0.3, -0.25) is 4.79 Å². The van der Waals surface area contributed by atoms with Crippen LogP contribution in [0.25, 0.3) is 0 Å². The summed E-state index contributed by atoms with van der Waals surface area (Å²) in [5.74, 6) is 0.641. The van der Waals surface area contributed by atoms with Crippen LogP contribution in [0.2, 0.25) is 5.02 Å². The largest absolute Gasteiger partial charge is 0.495 e. The zero-order valence-electron chi connectivity index (χ0n) is 8.22. The Bertz CT molecular complexity index is 355. The molecule has 1 amide bonds. The van der Waals surface area contributed by atoms with E-state index in [2.05, 4.69) is 5.32 Å². The monoisotopic (exact) mass is 247 g/mol. The molecule has 0 spiro atoms. The molecule has 1 N–H and O–H groups in total. The molecular formula is C10H11Cl2NO2. The minimum atomic E-state index is -0.547. The first-order valence-electron chi connectivity index (χ1n) is 4.39. The van der Waals surface area contributed by atoms with Crippen molar-refractivity contribution in [1.29, 1.82) is 0 Å². The fourth-order valence-corrected chi connectivity index (χ4v) is 1.55. The Hall–Kier alpha value is -0.930. The van der Waals surface area contributed by atoms with E-state index in [1.807, 2.05) is 6.07 Å². The summed E-state index contributed by atoms with van der Waals surface area (Å²) in [6, 6.07) is 5.49. The quantitative estimate of drug-likeness (QED) is 0.657. The van der Waals surface area contributed by atoms with Crippen LogP contribution in [0, 0.1) is 0 Å². The number of rotatable bonds is 4. The number of ether oxygens (including phenoxy) is 1. The molecule has 0 saturated carbocycles. The van der Waals surface area contributed by atoms with Crippen molar-refractivity contribution in [2.45, 2.75) is 6.42 Å². The zero-order chi connectivity index (χ0) is 11.3. The van der Waals surface area contributed by atoms with Crippen LogP contribution in [-0.2, 0) is 6.42 Å². The summed E-state index contributed by atoms with van der Waals surface area (Å²) in [6.45, 7) is 0.491. The molecule has 1 aromatic carbocycles. The number of carbonyl (C=O) groups is 1. The van der Waals surface area contributed by atoms with Gasteiger partial charge in [-0.25, -0.2) is 0 Å². The van der Waals surface area contributed by atoms with Crippen LogP contribution >= 0.6 is 23.2 Å². The van der Waals surface area contributed by atoms with E-state index in [1.54, 1.807) is 19.2 Å². The second kappa shape index (κ2) is 5.83. The van der Waals surface area contributed by atoms with Crippen molar-refractivity contribution in [3.05, 3.63) is 28.8 Å². The highest BCUT2D eigenvalue weighted by Crippen LogP contribution is 2.24. The molecule has 5 heteroatoms. The predicted octanol–water partition coefficient (Wildman–Crippen LogP) is 2.84. The molecule has 3 nitrogen and oxygen atoms in total. The smallest absolute Gasteiger partial charge is 0.313 e. The lowest BCUT2D eigenvalue weighted by atomic mass is 10.1. The first kappa shape index (κ1) is 12.1. The van der Waals surface area contributed by atoms with Crippen molar-refractivity contribution in [3.63, 3.8) is 0 Å². The van der Waals surface area contributed by atoms with Crippen LogP contribution < -0.4 is 10.1 Å². The van der Waals surface area contributed by atoms with Gasteiger partial charge in [-0.05, 0) is 35.7 Å². The summed E-state index contributed by atoms with van der Waals surface area (Å²) in [5.41, 5.74) is 1.02. The first-order valence-corrected chi connectivity index (χ1v) is 5.15.